The van der Waals surface area contributed by atoms with Crippen molar-refractivity contribution < 1.29 is 24.6 Å². The summed E-state index contributed by atoms with van der Waals surface area (Å²) in [5.74, 6) is -3.09. The van der Waals surface area contributed by atoms with Crippen LogP contribution in [0, 0.1) is 0 Å². The summed E-state index contributed by atoms with van der Waals surface area (Å²) >= 11 is 0. The molecule has 176 valence electrons. The number of hydrogen-bond donors (Lipinski definition) is 3. The topological polar surface area (TPSA) is 104 Å². The maximum atomic E-state index is 11.7. The number of carboxylic acid groups (broad SMARTS) is 2. The summed E-state index contributed by atoms with van der Waals surface area (Å²) in [6.45, 7) is 2.13. The van der Waals surface area contributed by atoms with E-state index in [4.69, 9.17) is 10.2 Å². The molecule has 0 heterocycles. The molecule has 0 fully saturated rings. The summed E-state index contributed by atoms with van der Waals surface area (Å²) < 4.78 is 0. The number of nitrogens with one attached hydrogen (secondary N) is 1. The van der Waals surface area contributed by atoms with Crippen LogP contribution in [0.2, 0.25) is 0 Å². The average molecular weight is 444 g/mol. The first-order valence-corrected chi connectivity index (χ1v) is 11.1. The third-order valence-electron chi connectivity index (χ3n) is 4.15. The van der Waals surface area contributed by atoms with Gasteiger partial charge in [-0.15, -0.1) is 0 Å². The lowest BCUT2D eigenvalue weighted by Gasteiger charge is -2.11. The maximum Gasteiger partial charge on any atom is 0.326 e. The lowest BCUT2D eigenvalue weighted by atomic mass is 10.2. The Labute approximate surface area is 191 Å². The summed E-state index contributed by atoms with van der Waals surface area (Å²) in [6.07, 6.45) is 30.7. The molecule has 3 N–H and O–H groups in total. The van der Waals surface area contributed by atoms with Crippen LogP contribution in [0.5, 0.6) is 0 Å². The van der Waals surface area contributed by atoms with Crippen LogP contribution in [0.1, 0.15) is 64.7 Å². The van der Waals surface area contributed by atoms with Crippen LogP contribution >= 0.6 is 0 Å². The summed E-state index contributed by atoms with van der Waals surface area (Å²) in [5, 5.41) is 19.8. The number of rotatable bonds is 18. The first kappa shape index (κ1) is 28.9. The Morgan fingerprint density at radius 1 is 0.688 bits per heavy atom. The molecule has 1 unspecified atom stereocenters. The fourth-order valence-electron chi connectivity index (χ4n) is 2.50. The van der Waals surface area contributed by atoms with Crippen molar-refractivity contribution in [2.75, 3.05) is 0 Å². The van der Waals surface area contributed by atoms with Gasteiger partial charge >= 0.3 is 11.9 Å². The van der Waals surface area contributed by atoms with E-state index in [2.05, 4.69) is 66.9 Å². The van der Waals surface area contributed by atoms with E-state index in [1.54, 1.807) is 0 Å². The fraction of sp³-hybridized carbons (Fsp3) is 0.423. The average Bonchev–Trinajstić information content (AvgIpc) is 2.74. The largest absolute Gasteiger partial charge is 0.481 e. The zero-order valence-electron chi connectivity index (χ0n) is 19.0. The van der Waals surface area contributed by atoms with Crippen molar-refractivity contribution >= 4 is 17.8 Å². The molecule has 6 nitrogen and oxygen atoms in total. The summed E-state index contributed by atoms with van der Waals surface area (Å²) in [7, 11) is 0. The number of aliphatic carboxylic acids is 2. The predicted molar refractivity (Wildman–Crippen MR) is 129 cm³/mol. The molecule has 0 aliphatic carbocycles. The van der Waals surface area contributed by atoms with E-state index in [0.29, 0.717) is 6.42 Å². The highest BCUT2D eigenvalue weighted by Crippen LogP contribution is 1.99. The van der Waals surface area contributed by atoms with Crippen LogP contribution in [0.25, 0.3) is 0 Å². The number of carbonyl (C=O) groups is 3. The van der Waals surface area contributed by atoms with Crippen molar-refractivity contribution in [2.45, 2.75) is 70.8 Å². The number of allylic oxidation sites excluding steroid dienone is 12. The Kier molecular flexibility index (Phi) is 19.0. The first-order valence-electron chi connectivity index (χ1n) is 11.1. The van der Waals surface area contributed by atoms with Crippen LogP contribution in [-0.4, -0.2) is 34.1 Å². The van der Waals surface area contributed by atoms with Gasteiger partial charge in [0.05, 0.1) is 6.42 Å². The highest BCUT2D eigenvalue weighted by molar-refractivity contribution is 5.86. The van der Waals surface area contributed by atoms with Gasteiger partial charge in [0.25, 0.3) is 0 Å². The van der Waals surface area contributed by atoms with E-state index >= 15 is 0 Å². The van der Waals surface area contributed by atoms with Gasteiger partial charge in [-0.2, -0.15) is 0 Å². The molecule has 0 radical (unpaired) electrons. The third kappa shape index (κ3) is 20.1. The Hall–Kier alpha value is -3.15. The Morgan fingerprint density at radius 2 is 1.09 bits per heavy atom. The van der Waals surface area contributed by atoms with E-state index in [9.17, 15) is 14.4 Å². The van der Waals surface area contributed by atoms with Gasteiger partial charge in [0.1, 0.15) is 6.04 Å². The van der Waals surface area contributed by atoms with Gasteiger partial charge in [0.2, 0.25) is 5.91 Å². The van der Waals surface area contributed by atoms with Crippen molar-refractivity contribution in [1.82, 2.24) is 5.32 Å². The minimum atomic E-state index is -1.40. The van der Waals surface area contributed by atoms with Crippen LogP contribution in [0.15, 0.2) is 72.9 Å². The van der Waals surface area contributed by atoms with Crippen molar-refractivity contribution in [2.24, 2.45) is 0 Å². The molecular formula is C26H37NO5. The highest BCUT2D eigenvalue weighted by Gasteiger charge is 2.22. The molecule has 0 saturated carbocycles. The van der Waals surface area contributed by atoms with Crippen molar-refractivity contribution in [1.29, 1.82) is 0 Å². The van der Waals surface area contributed by atoms with Gasteiger partial charge in [-0.25, -0.2) is 4.79 Å². The minimum Gasteiger partial charge on any atom is -0.481 e. The van der Waals surface area contributed by atoms with Crippen LogP contribution < -0.4 is 5.32 Å². The van der Waals surface area contributed by atoms with Crippen LogP contribution in [-0.2, 0) is 14.4 Å². The van der Waals surface area contributed by atoms with Gasteiger partial charge in [-0.1, -0.05) is 79.8 Å². The Bertz CT molecular complexity index is 714. The third-order valence-corrected chi connectivity index (χ3v) is 4.15. The molecule has 0 saturated heterocycles. The van der Waals surface area contributed by atoms with Gasteiger partial charge in [-0.3, -0.25) is 9.59 Å². The van der Waals surface area contributed by atoms with Crippen molar-refractivity contribution in [3.05, 3.63) is 72.9 Å². The van der Waals surface area contributed by atoms with Crippen molar-refractivity contribution in [3.63, 3.8) is 0 Å². The molecule has 1 atom stereocenters. The molecule has 0 rings (SSSR count). The van der Waals surface area contributed by atoms with E-state index in [1.165, 1.54) is 0 Å². The second kappa shape index (κ2) is 21.1. The molecule has 6 heteroatoms. The molecule has 1 amide bonds. The van der Waals surface area contributed by atoms with E-state index in [-0.39, 0.29) is 6.42 Å². The summed E-state index contributed by atoms with van der Waals surface area (Å²) in [4.78, 5) is 33.2. The number of carboxylic acids is 2. The van der Waals surface area contributed by atoms with Gasteiger partial charge in [-0.05, 0) is 44.9 Å². The predicted octanol–water partition coefficient (Wildman–Crippen LogP) is 5.51. The first-order chi connectivity index (χ1) is 15.5. The standard InChI is InChI=1S/C26H37NO5/c1-2-3-4-5-6-7-8-9-10-11-12-13-14-15-16-17-18-19-20-21-24(28)27-23(26(31)32)22-25(29)30/h3-4,6-7,9-10,12-13,15-16,18-19,23H,2,5,8,11,14,17,20-22H2,1H3,(H,27,28)(H,29,30)(H,31,32). The molecule has 32 heavy (non-hydrogen) atoms. The maximum absolute atomic E-state index is 11.7. The summed E-state index contributed by atoms with van der Waals surface area (Å²) in [6, 6.07) is -1.40. The van der Waals surface area contributed by atoms with E-state index in [1.807, 2.05) is 18.2 Å². The number of amides is 1. The second-order valence-electron chi connectivity index (χ2n) is 7.01. The molecule has 0 aromatic heterocycles. The molecular weight excluding hydrogens is 406 g/mol. The molecule has 0 aliphatic rings. The van der Waals surface area contributed by atoms with Gasteiger partial charge < -0.3 is 15.5 Å². The minimum absolute atomic E-state index is 0.117. The monoisotopic (exact) mass is 443 g/mol. The quantitative estimate of drug-likeness (QED) is 0.242. The smallest absolute Gasteiger partial charge is 0.326 e. The van der Waals surface area contributed by atoms with Crippen LogP contribution in [0.3, 0.4) is 0 Å². The highest BCUT2D eigenvalue weighted by atomic mass is 16.4. The lowest BCUT2D eigenvalue weighted by Crippen LogP contribution is -2.42. The normalized spacial score (nSPS) is 13.4. The second-order valence-corrected chi connectivity index (χ2v) is 7.01. The lowest BCUT2D eigenvalue weighted by molar-refractivity contribution is -0.147. The number of hydrogen-bond acceptors (Lipinski definition) is 3. The van der Waals surface area contributed by atoms with Gasteiger partial charge in [0, 0.05) is 6.42 Å². The molecule has 0 aromatic rings. The number of carbonyl (C=O) groups excluding carboxylic acids is 1. The Balaban J connectivity index is 3.80. The van der Waals surface area contributed by atoms with E-state index < -0.39 is 30.3 Å². The Morgan fingerprint density at radius 3 is 1.47 bits per heavy atom. The molecule has 0 aliphatic heterocycles. The molecule has 0 spiro atoms. The molecule has 0 aromatic carbocycles. The summed E-state index contributed by atoms with van der Waals surface area (Å²) in [5.41, 5.74) is 0. The SMILES string of the molecule is CCC=CCC=CCC=CCC=CCC=CCC=CCCC(=O)NC(CC(=O)O)C(=O)O. The van der Waals surface area contributed by atoms with Crippen molar-refractivity contribution in [3.8, 4) is 0 Å². The fourth-order valence-corrected chi connectivity index (χ4v) is 2.50. The van der Waals surface area contributed by atoms with E-state index in [0.717, 1.165) is 38.5 Å². The van der Waals surface area contributed by atoms with Crippen LogP contribution in [0.4, 0.5) is 0 Å². The van der Waals surface area contributed by atoms with Gasteiger partial charge in [0.15, 0.2) is 0 Å². The zero-order valence-corrected chi connectivity index (χ0v) is 19.0. The molecule has 0 bridgehead atoms. The zero-order chi connectivity index (χ0) is 23.9.